The molecule has 0 saturated heterocycles. The Morgan fingerprint density at radius 1 is 1.47 bits per heavy atom. The molecule has 0 atom stereocenters. The van der Waals surface area contributed by atoms with E-state index in [2.05, 4.69) is 5.32 Å². The fourth-order valence-corrected chi connectivity index (χ4v) is 1.59. The van der Waals surface area contributed by atoms with Crippen molar-refractivity contribution in [2.45, 2.75) is 13.8 Å². The van der Waals surface area contributed by atoms with E-state index in [1.54, 1.807) is 13.0 Å². The van der Waals surface area contributed by atoms with Crippen LogP contribution in [0.2, 0.25) is 0 Å². The summed E-state index contributed by atoms with van der Waals surface area (Å²) in [6.07, 6.45) is 0. The van der Waals surface area contributed by atoms with Gasteiger partial charge in [0.2, 0.25) is 5.91 Å². The molecule has 4 nitrogen and oxygen atoms in total. The van der Waals surface area contributed by atoms with Crippen LogP contribution in [-0.4, -0.2) is 5.91 Å². The smallest absolute Gasteiger partial charge is 0.221 e. The third kappa shape index (κ3) is 1.54. The zero-order valence-corrected chi connectivity index (χ0v) is 8.63. The van der Waals surface area contributed by atoms with Crippen molar-refractivity contribution in [3.63, 3.8) is 0 Å². The van der Waals surface area contributed by atoms with Crippen LogP contribution in [0.25, 0.3) is 11.0 Å². The Labute approximate surface area is 87.1 Å². The van der Waals surface area contributed by atoms with Crippen LogP contribution in [0.1, 0.15) is 12.7 Å². The highest BCUT2D eigenvalue weighted by Crippen LogP contribution is 2.33. The van der Waals surface area contributed by atoms with E-state index in [4.69, 9.17) is 10.2 Å². The summed E-state index contributed by atoms with van der Waals surface area (Å²) in [6.45, 7) is 3.26. The lowest BCUT2D eigenvalue weighted by Crippen LogP contribution is -2.05. The number of nitrogen functional groups attached to an aromatic ring is 1. The van der Waals surface area contributed by atoms with E-state index in [0.717, 1.165) is 5.39 Å². The number of carbonyl (C=O) groups excluding carboxylic acids is 1. The largest absolute Gasteiger partial charge is 0.457 e. The molecule has 3 N–H and O–H groups in total. The van der Waals surface area contributed by atoms with Gasteiger partial charge >= 0.3 is 0 Å². The molecule has 1 amide bonds. The molecular weight excluding hydrogens is 192 g/mol. The zero-order chi connectivity index (χ0) is 11.0. The van der Waals surface area contributed by atoms with Gasteiger partial charge in [0.15, 0.2) is 5.58 Å². The standard InChI is InChI=1S/C11H12N2O2/c1-6-10(13-7(2)14)8-4-3-5-9(12)11(8)15-6/h3-5H,12H2,1-2H3,(H,13,14). The maximum absolute atomic E-state index is 11.0. The number of nitrogens with one attached hydrogen (secondary N) is 1. The summed E-state index contributed by atoms with van der Waals surface area (Å²) in [6, 6.07) is 5.47. The molecule has 2 aromatic rings. The first kappa shape index (κ1) is 9.58. The molecule has 1 aromatic carbocycles. The number of fused-ring (bicyclic) bond motifs is 1. The first-order valence-corrected chi connectivity index (χ1v) is 4.65. The summed E-state index contributed by atoms with van der Waals surface area (Å²) in [4.78, 5) is 11.0. The number of carbonyl (C=O) groups is 1. The fraction of sp³-hybridized carbons (Fsp3) is 0.182. The van der Waals surface area contributed by atoms with Crippen LogP contribution >= 0.6 is 0 Å². The van der Waals surface area contributed by atoms with Crippen molar-refractivity contribution in [1.29, 1.82) is 0 Å². The highest BCUT2D eigenvalue weighted by Gasteiger charge is 2.13. The minimum atomic E-state index is -0.122. The predicted octanol–water partition coefficient (Wildman–Crippen LogP) is 2.28. The highest BCUT2D eigenvalue weighted by atomic mass is 16.3. The van der Waals surface area contributed by atoms with Gasteiger partial charge in [0, 0.05) is 12.3 Å². The summed E-state index contributed by atoms with van der Waals surface area (Å²) in [5.41, 5.74) is 7.66. The quantitative estimate of drug-likeness (QED) is 0.700. The Morgan fingerprint density at radius 2 is 2.20 bits per heavy atom. The van der Waals surface area contributed by atoms with E-state index in [1.165, 1.54) is 6.92 Å². The Morgan fingerprint density at radius 3 is 2.87 bits per heavy atom. The molecule has 0 unspecified atom stereocenters. The molecule has 0 aliphatic rings. The first-order chi connectivity index (χ1) is 7.09. The molecule has 2 rings (SSSR count). The van der Waals surface area contributed by atoms with E-state index in [1.807, 2.05) is 12.1 Å². The SMILES string of the molecule is CC(=O)Nc1c(C)oc2c(N)cccc12. The lowest BCUT2D eigenvalue weighted by molar-refractivity contribution is -0.114. The molecule has 1 aromatic heterocycles. The maximum atomic E-state index is 11.0. The normalized spacial score (nSPS) is 10.5. The maximum Gasteiger partial charge on any atom is 0.221 e. The van der Waals surface area contributed by atoms with Crippen LogP contribution in [0.3, 0.4) is 0 Å². The van der Waals surface area contributed by atoms with Crippen molar-refractivity contribution in [2.75, 3.05) is 11.1 Å². The van der Waals surface area contributed by atoms with Crippen LogP contribution in [-0.2, 0) is 4.79 Å². The van der Waals surface area contributed by atoms with Gasteiger partial charge in [-0.15, -0.1) is 0 Å². The Hall–Kier alpha value is -1.97. The topological polar surface area (TPSA) is 68.3 Å². The van der Waals surface area contributed by atoms with Crippen molar-refractivity contribution in [3.8, 4) is 0 Å². The number of para-hydroxylation sites is 1. The summed E-state index contributed by atoms with van der Waals surface area (Å²) in [7, 11) is 0. The van der Waals surface area contributed by atoms with Gasteiger partial charge in [-0.3, -0.25) is 4.79 Å². The molecule has 0 bridgehead atoms. The fourth-order valence-electron chi connectivity index (χ4n) is 1.59. The summed E-state index contributed by atoms with van der Waals surface area (Å²) >= 11 is 0. The number of aryl methyl sites for hydroxylation is 1. The molecule has 78 valence electrons. The van der Waals surface area contributed by atoms with E-state index in [-0.39, 0.29) is 5.91 Å². The summed E-state index contributed by atoms with van der Waals surface area (Å²) < 4.78 is 5.49. The predicted molar refractivity (Wildman–Crippen MR) is 59.7 cm³/mol. The lowest BCUT2D eigenvalue weighted by Gasteiger charge is -1.99. The monoisotopic (exact) mass is 204 g/mol. The lowest BCUT2D eigenvalue weighted by atomic mass is 10.2. The second-order valence-electron chi connectivity index (χ2n) is 3.44. The third-order valence-electron chi connectivity index (χ3n) is 2.22. The number of furan rings is 1. The van der Waals surface area contributed by atoms with Crippen LogP contribution in [0.5, 0.6) is 0 Å². The highest BCUT2D eigenvalue weighted by molar-refractivity contribution is 6.04. The number of rotatable bonds is 1. The summed E-state index contributed by atoms with van der Waals surface area (Å²) in [5.74, 6) is 0.543. The van der Waals surface area contributed by atoms with Gasteiger partial charge in [0.25, 0.3) is 0 Å². The molecule has 0 aliphatic heterocycles. The Balaban J connectivity index is 2.68. The van der Waals surface area contributed by atoms with Gasteiger partial charge in [0.1, 0.15) is 5.76 Å². The van der Waals surface area contributed by atoms with Gasteiger partial charge in [-0.05, 0) is 19.1 Å². The Kier molecular flexibility index (Phi) is 2.11. The molecule has 0 saturated carbocycles. The molecular formula is C11H12N2O2. The van der Waals surface area contributed by atoms with Crippen molar-refractivity contribution in [3.05, 3.63) is 24.0 Å². The van der Waals surface area contributed by atoms with Gasteiger partial charge in [-0.1, -0.05) is 6.07 Å². The van der Waals surface area contributed by atoms with Crippen molar-refractivity contribution in [2.24, 2.45) is 0 Å². The van der Waals surface area contributed by atoms with Crippen molar-refractivity contribution >= 4 is 28.3 Å². The van der Waals surface area contributed by atoms with E-state index < -0.39 is 0 Å². The van der Waals surface area contributed by atoms with Crippen LogP contribution in [0.15, 0.2) is 22.6 Å². The average Bonchev–Trinajstić information content (AvgIpc) is 2.45. The number of hydrogen-bond donors (Lipinski definition) is 2. The van der Waals surface area contributed by atoms with Gasteiger partial charge in [-0.25, -0.2) is 0 Å². The number of nitrogens with two attached hydrogens (primary N) is 1. The first-order valence-electron chi connectivity index (χ1n) is 4.65. The molecule has 0 fully saturated rings. The molecule has 0 spiro atoms. The van der Waals surface area contributed by atoms with Crippen LogP contribution in [0.4, 0.5) is 11.4 Å². The van der Waals surface area contributed by atoms with Crippen LogP contribution in [0, 0.1) is 6.92 Å². The Bertz CT molecular complexity index is 529. The van der Waals surface area contributed by atoms with Gasteiger partial charge in [0.05, 0.1) is 11.4 Å². The second-order valence-corrected chi connectivity index (χ2v) is 3.44. The minimum Gasteiger partial charge on any atom is -0.457 e. The van der Waals surface area contributed by atoms with Gasteiger partial charge in [-0.2, -0.15) is 0 Å². The number of amides is 1. The van der Waals surface area contributed by atoms with Gasteiger partial charge < -0.3 is 15.5 Å². The van der Waals surface area contributed by atoms with Crippen LogP contribution < -0.4 is 11.1 Å². The van der Waals surface area contributed by atoms with E-state index >= 15 is 0 Å². The molecule has 0 aliphatic carbocycles. The van der Waals surface area contributed by atoms with E-state index in [0.29, 0.717) is 22.7 Å². The minimum absolute atomic E-state index is 0.122. The average molecular weight is 204 g/mol. The summed E-state index contributed by atoms with van der Waals surface area (Å²) in [5, 5.41) is 3.57. The number of anilines is 2. The molecule has 0 radical (unpaired) electrons. The molecule has 15 heavy (non-hydrogen) atoms. The molecule has 4 heteroatoms. The van der Waals surface area contributed by atoms with E-state index in [9.17, 15) is 4.79 Å². The second kappa shape index (κ2) is 3.31. The third-order valence-corrected chi connectivity index (χ3v) is 2.22. The van der Waals surface area contributed by atoms with Crippen molar-refractivity contribution < 1.29 is 9.21 Å². The number of benzene rings is 1. The zero-order valence-electron chi connectivity index (χ0n) is 8.63. The van der Waals surface area contributed by atoms with Crippen molar-refractivity contribution in [1.82, 2.24) is 0 Å². The number of hydrogen-bond acceptors (Lipinski definition) is 3. The molecule has 1 heterocycles.